The van der Waals surface area contributed by atoms with Crippen molar-refractivity contribution in [2.75, 3.05) is 16.6 Å². The molecule has 47 heavy (non-hydrogen) atoms. The number of nitrogens with two attached hydrogens (primary N) is 1. The third-order valence-corrected chi connectivity index (χ3v) is 7.89. The summed E-state index contributed by atoms with van der Waals surface area (Å²) in [5, 5.41) is 15.7. The number of Topliss-reactive ketones (excluding diaryl/α,β-unsaturated/α-hetero) is 1. The SMILES string of the molecule is Nc1c(N=Nc2ccc(NN=C3C=CC(=O)C=C3)cc2)c(S(=O)(=O)[O-])cc2c1C(=O)/C(=N/Nc1ccccc1)C(S(=O)(=O)[O-])=C2.[Na+].[Na+]. The van der Waals surface area contributed by atoms with Gasteiger partial charge in [0.05, 0.1) is 43.8 Å². The van der Waals surface area contributed by atoms with Gasteiger partial charge >= 0.3 is 59.1 Å². The van der Waals surface area contributed by atoms with Crippen LogP contribution >= 0.6 is 0 Å². The Morgan fingerprint density at radius 2 is 1.32 bits per heavy atom. The van der Waals surface area contributed by atoms with E-state index < -0.39 is 64.0 Å². The molecule has 0 saturated carbocycles. The molecule has 0 fully saturated rings. The van der Waals surface area contributed by atoms with Crippen LogP contribution in [0.15, 0.2) is 115 Å². The van der Waals surface area contributed by atoms with Crippen molar-refractivity contribution >= 4 is 77.7 Å². The van der Waals surface area contributed by atoms with E-state index in [0.717, 1.165) is 0 Å². The number of nitrogens with one attached hydrogen (secondary N) is 2. The summed E-state index contributed by atoms with van der Waals surface area (Å²) in [6.45, 7) is 0. The molecule has 2 aliphatic carbocycles. The van der Waals surface area contributed by atoms with Gasteiger partial charge in [0.1, 0.15) is 31.6 Å². The van der Waals surface area contributed by atoms with E-state index in [1.807, 2.05) is 0 Å². The molecule has 0 saturated heterocycles. The third-order valence-electron chi connectivity index (χ3n) is 6.19. The fraction of sp³-hybridized carbons (Fsp3) is 0. The van der Waals surface area contributed by atoms with Gasteiger partial charge in [0.15, 0.2) is 5.78 Å². The number of benzene rings is 3. The minimum absolute atomic E-state index is 0. The van der Waals surface area contributed by atoms with Crippen LogP contribution in [0.5, 0.6) is 0 Å². The number of hydrogen-bond acceptors (Lipinski definition) is 15. The Kier molecular flexibility index (Phi) is 12.5. The molecule has 0 amide bonds. The fourth-order valence-corrected chi connectivity index (χ4v) is 5.38. The van der Waals surface area contributed by atoms with Gasteiger partial charge in [-0.05, 0) is 78.4 Å². The van der Waals surface area contributed by atoms with Gasteiger partial charge in [-0.15, -0.1) is 5.11 Å². The summed E-state index contributed by atoms with van der Waals surface area (Å²) in [4.78, 5) is 22.7. The topological polar surface area (TPSA) is 248 Å². The maximum absolute atomic E-state index is 13.5. The van der Waals surface area contributed by atoms with Gasteiger partial charge in [-0.2, -0.15) is 15.3 Å². The van der Waals surface area contributed by atoms with Crippen molar-refractivity contribution in [1.82, 2.24) is 0 Å². The minimum atomic E-state index is -5.31. The number of ketones is 2. The molecule has 228 valence electrons. The van der Waals surface area contributed by atoms with Crippen LogP contribution in [0.4, 0.5) is 28.4 Å². The first-order valence-electron chi connectivity index (χ1n) is 12.6. The van der Waals surface area contributed by atoms with Crippen LogP contribution in [0.25, 0.3) is 6.08 Å². The Bertz CT molecular complexity index is 2130. The van der Waals surface area contributed by atoms with E-state index in [2.05, 4.69) is 31.3 Å². The number of para-hydroxylation sites is 1. The molecule has 4 N–H and O–H groups in total. The molecule has 0 aromatic heterocycles. The summed E-state index contributed by atoms with van der Waals surface area (Å²) >= 11 is 0. The van der Waals surface area contributed by atoms with E-state index in [1.54, 1.807) is 42.5 Å². The summed E-state index contributed by atoms with van der Waals surface area (Å²) in [5.41, 5.74) is 10.0. The van der Waals surface area contributed by atoms with Crippen molar-refractivity contribution in [3.05, 3.63) is 101 Å². The van der Waals surface area contributed by atoms with Crippen LogP contribution < -0.4 is 75.7 Å². The minimum Gasteiger partial charge on any atom is -0.744 e. The predicted octanol–water partition coefficient (Wildman–Crippen LogP) is -2.39. The Morgan fingerprint density at radius 3 is 1.91 bits per heavy atom. The predicted molar refractivity (Wildman–Crippen MR) is 163 cm³/mol. The summed E-state index contributed by atoms with van der Waals surface area (Å²) in [5.74, 6) is -1.30. The number of nitrogen functional groups attached to an aromatic ring is 1. The zero-order valence-corrected chi connectivity index (χ0v) is 30.2. The molecule has 0 unspecified atom stereocenters. The Labute approximate surface area is 312 Å². The van der Waals surface area contributed by atoms with Gasteiger partial charge in [0, 0.05) is 0 Å². The van der Waals surface area contributed by atoms with Crippen molar-refractivity contribution in [1.29, 1.82) is 0 Å². The number of carbonyl (C=O) groups is 2. The molecule has 0 atom stereocenters. The van der Waals surface area contributed by atoms with Crippen molar-refractivity contribution in [2.45, 2.75) is 4.90 Å². The second-order valence-electron chi connectivity index (χ2n) is 9.25. The van der Waals surface area contributed by atoms with Gasteiger partial charge in [-0.3, -0.25) is 20.4 Å². The van der Waals surface area contributed by atoms with Crippen molar-refractivity contribution in [3.8, 4) is 0 Å². The molecule has 3 aromatic rings. The van der Waals surface area contributed by atoms with E-state index in [-0.39, 0.29) is 70.6 Å². The second kappa shape index (κ2) is 15.5. The number of hydrazone groups is 2. The standard InChI is InChI=1S/C28H21N7O8S2.2Na/c29-25-24-16(15-23(45(41,42)43)27(28(24)37)35-32-17-4-2-1-3-5-17)14-22(44(38,39)40)26(25)34-33-19-8-6-18(7-9-19)30-31-20-10-12-21(36)13-11-20;;/h1-15,30,32H,29H2,(H,38,39,40)(H,41,42,43);;/q;2*+1/p-2/b34-33?,35-27+;;. The Morgan fingerprint density at radius 1 is 0.723 bits per heavy atom. The average molecular weight is 692 g/mol. The molecule has 19 heteroatoms. The number of anilines is 3. The first-order valence-corrected chi connectivity index (χ1v) is 15.4. The smallest absolute Gasteiger partial charge is 0.744 e. The number of hydrogen-bond donors (Lipinski definition) is 3. The number of carbonyl (C=O) groups excluding carboxylic acids is 2. The molecule has 2 aliphatic rings. The maximum atomic E-state index is 13.5. The summed E-state index contributed by atoms with van der Waals surface area (Å²) in [7, 11) is -10.6. The Hall–Kier alpha value is -3.62. The molecule has 0 heterocycles. The second-order valence-corrected chi connectivity index (χ2v) is 11.9. The molecule has 0 aliphatic heterocycles. The van der Waals surface area contributed by atoms with Crippen molar-refractivity contribution in [2.24, 2.45) is 20.4 Å². The average Bonchev–Trinajstić information content (AvgIpc) is 2.99. The summed E-state index contributed by atoms with van der Waals surface area (Å²) in [6, 6.07) is 14.8. The molecule has 3 aromatic carbocycles. The molecular formula is C28H19N7Na2O8S2. The largest absolute Gasteiger partial charge is 1.00 e. The maximum Gasteiger partial charge on any atom is 1.00 e. The molecule has 0 bridgehead atoms. The quantitative estimate of drug-likeness (QED) is 0.0561. The van der Waals surface area contributed by atoms with E-state index >= 15 is 0 Å². The van der Waals surface area contributed by atoms with E-state index in [0.29, 0.717) is 29.2 Å². The molecule has 0 spiro atoms. The van der Waals surface area contributed by atoms with E-state index in [4.69, 9.17) is 5.73 Å². The van der Waals surface area contributed by atoms with Crippen LogP contribution in [-0.2, 0) is 25.0 Å². The zero-order valence-electron chi connectivity index (χ0n) is 24.6. The van der Waals surface area contributed by atoms with E-state index in [1.165, 1.54) is 36.4 Å². The van der Waals surface area contributed by atoms with Crippen LogP contribution in [0.1, 0.15) is 15.9 Å². The van der Waals surface area contributed by atoms with Crippen LogP contribution in [-0.4, -0.2) is 48.9 Å². The molecule has 15 nitrogen and oxygen atoms in total. The summed E-state index contributed by atoms with van der Waals surface area (Å²) < 4.78 is 72.7. The van der Waals surface area contributed by atoms with Crippen LogP contribution in [0.3, 0.4) is 0 Å². The zero-order chi connectivity index (χ0) is 32.4. The number of rotatable bonds is 8. The van der Waals surface area contributed by atoms with E-state index in [9.17, 15) is 35.5 Å². The molecule has 5 rings (SSSR count). The normalized spacial score (nSPS) is 15.1. The van der Waals surface area contributed by atoms with Gasteiger partial charge in [-0.25, -0.2) is 16.8 Å². The third kappa shape index (κ3) is 9.05. The number of azo groups is 1. The monoisotopic (exact) mass is 691 g/mol. The van der Waals surface area contributed by atoms with Gasteiger partial charge in [0.2, 0.25) is 5.78 Å². The molecule has 0 radical (unpaired) electrons. The van der Waals surface area contributed by atoms with Crippen molar-refractivity contribution < 1.29 is 94.6 Å². The number of allylic oxidation sites excluding steroid dienone is 5. The Balaban J connectivity index is 0.00000300. The number of nitrogens with zero attached hydrogens (tertiary/aromatic N) is 4. The van der Waals surface area contributed by atoms with Crippen LogP contribution in [0.2, 0.25) is 0 Å². The van der Waals surface area contributed by atoms with Gasteiger partial charge in [-0.1, -0.05) is 18.2 Å². The summed E-state index contributed by atoms with van der Waals surface area (Å²) in [6.07, 6.45) is 6.48. The number of fused-ring (bicyclic) bond motifs is 1. The van der Waals surface area contributed by atoms with Gasteiger partial charge < -0.3 is 14.8 Å². The fourth-order valence-electron chi connectivity index (χ4n) is 4.08. The molecular weight excluding hydrogens is 672 g/mol. The van der Waals surface area contributed by atoms with Crippen molar-refractivity contribution in [3.63, 3.8) is 0 Å². The first-order chi connectivity index (χ1) is 21.3. The van der Waals surface area contributed by atoms with Gasteiger partial charge in [0.25, 0.3) is 0 Å². The first kappa shape index (κ1) is 37.8. The van der Waals surface area contributed by atoms with Crippen LogP contribution in [0, 0.1) is 0 Å².